The number of para-hydroxylation sites is 1. The number of nitrogen functional groups attached to an aromatic ring is 1. The normalized spacial score (nSPS) is 14.7. The van der Waals surface area contributed by atoms with Crippen molar-refractivity contribution in [1.29, 1.82) is 0 Å². The van der Waals surface area contributed by atoms with Crippen LogP contribution in [0.15, 0.2) is 82.6 Å². The van der Waals surface area contributed by atoms with Crippen LogP contribution in [0.3, 0.4) is 0 Å². The SMILES string of the molecule is COc1ccc2c3c(n(S(=O)(=O)c4ccccc4)c2c1)CCN(S(=O)(=O)c1ccccc1N)C3. The molecule has 1 aliphatic heterocycles. The van der Waals surface area contributed by atoms with E-state index >= 15 is 0 Å². The van der Waals surface area contributed by atoms with E-state index in [9.17, 15) is 16.8 Å². The van der Waals surface area contributed by atoms with Gasteiger partial charge < -0.3 is 10.5 Å². The number of ether oxygens (including phenoxy) is 1. The lowest BCUT2D eigenvalue weighted by molar-refractivity contribution is 0.390. The maximum atomic E-state index is 13.7. The van der Waals surface area contributed by atoms with Gasteiger partial charge in [-0.1, -0.05) is 30.3 Å². The van der Waals surface area contributed by atoms with Crippen molar-refractivity contribution < 1.29 is 21.6 Å². The van der Waals surface area contributed by atoms with Crippen LogP contribution in [0.1, 0.15) is 11.3 Å². The van der Waals surface area contributed by atoms with Crippen LogP contribution >= 0.6 is 0 Å². The van der Waals surface area contributed by atoms with Gasteiger partial charge in [-0.05, 0) is 42.0 Å². The third-order valence-corrected chi connectivity index (χ3v) is 9.78. The fourth-order valence-electron chi connectivity index (χ4n) is 4.43. The lowest BCUT2D eigenvalue weighted by atomic mass is 10.1. The van der Waals surface area contributed by atoms with Gasteiger partial charge in [-0.25, -0.2) is 20.8 Å². The van der Waals surface area contributed by atoms with Crippen LogP contribution in [0.2, 0.25) is 0 Å². The molecule has 10 heteroatoms. The molecule has 0 spiro atoms. The van der Waals surface area contributed by atoms with Gasteiger partial charge >= 0.3 is 0 Å². The smallest absolute Gasteiger partial charge is 0.268 e. The summed E-state index contributed by atoms with van der Waals surface area (Å²) in [5, 5.41) is 0.663. The molecule has 0 bridgehead atoms. The van der Waals surface area contributed by atoms with E-state index in [1.165, 1.54) is 21.5 Å². The van der Waals surface area contributed by atoms with Gasteiger partial charge in [-0.3, -0.25) is 0 Å². The van der Waals surface area contributed by atoms with Gasteiger partial charge in [0.25, 0.3) is 10.0 Å². The average Bonchev–Trinajstić information content (AvgIpc) is 3.18. The number of aromatic nitrogens is 1. The first kappa shape index (κ1) is 22.5. The number of fused-ring (bicyclic) bond motifs is 3. The van der Waals surface area contributed by atoms with E-state index in [0.717, 1.165) is 0 Å². The van der Waals surface area contributed by atoms with Crippen molar-refractivity contribution >= 4 is 36.6 Å². The topological polar surface area (TPSA) is 112 Å². The number of nitrogens with two attached hydrogens (primary N) is 1. The first-order valence-corrected chi connectivity index (χ1v) is 13.5. The van der Waals surface area contributed by atoms with Crippen LogP contribution in [-0.4, -0.2) is 38.8 Å². The second-order valence-electron chi connectivity index (χ2n) is 8.02. The van der Waals surface area contributed by atoms with Crippen LogP contribution in [-0.2, 0) is 33.0 Å². The van der Waals surface area contributed by atoms with Crippen molar-refractivity contribution in [2.24, 2.45) is 0 Å². The summed E-state index contributed by atoms with van der Waals surface area (Å²) in [4.78, 5) is 0.199. The van der Waals surface area contributed by atoms with Crippen molar-refractivity contribution in [3.63, 3.8) is 0 Å². The highest BCUT2D eigenvalue weighted by molar-refractivity contribution is 7.90. The summed E-state index contributed by atoms with van der Waals surface area (Å²) in [5.74, 6) is 0.508. The number of methoxy groups -OCH3 is 1. The summed E-state index contributed by atoms with van der Waals surface area (Å²) < 4.78 is 62.2. The maximum Gasteiger partial charge on any atom is 0.268 e. The van der Waals surface area contributed by atoms with Gasteiger partial charge in [-0.15, -0.1) is 0 Å². The average molecular weight is 498 g/mol. The number of benzene rings is 3. The van der Waals surface area contributed by atoms with Crippen LogP contribution in [0.25, 0.3) is 10.9 Å². The monoisotopic (exact) mass is 497 g/mol. The Labute approximate surface area is 198 Å². The lowest BCUT2D eigenvalue weighted by Crippen LogP contribution is -2.37. The molecule has 1 aliphatic rings. The minimum absolute atomic E-state index is 0.0339. The molecule has 2 N–H and O–H groups in total. The van der Waals surface area contributed by atoms with Gasteiger partial charge in [-0.2, -0.15) is 4.31 Å². The maximum absolute atomic E-state index is 13.7. The molecule has 5 rings (SSSR count). The predicted octanol–water partition coefficient (Wildman–Crippen LogP) is 3.22. The van der Waals surface area contributed by atoms with Gasteiger partial charge in [0.15, 0.2) is 0 Å². The number of rotatable bonds is 5. The zero-order valence-corrected chi connectivity index (χ0v) is 20.0. The molecular weight excluding hydrogens is 474 g/mol. The predicted molar refractivity (Wildman–Crippen MR) is 130 cm³/mol. The van der Waals surface area contributed by atoms with Crippen LogP contribution in [0.5, 0.6) is 5.75 Å². The van der Waals surface area contributed by atoms with Gasteiger partial charge in [0.2, 0.25) is 10.0 Å². The fourth-order valence-corrected chi connectivity index (χ4v) is 7.57. The molecule has 0 saturated carbocycles. The molecule has 1 aromatic heterocycles. The Morgan fingerprint density at radius 1 is 0.882 bits per heavy atom. The number of sulfonamides is 1. The third kappa shape index (κ3) is 3.46. The van der Waals surface area contributed by atoms with E-state index in [2.05, 4.69) is 0 Å². The van der Waals surface area contributed by atoms with Gasteiger partial charge in [0.1, 0.15) is 10.6 Å². The van der Waals surface area contributed by atoms with Crippen molar-refractivity contribution in [2.75, 3.05) is 19.4 Å². The molecule has 3 aromatic carbocycles. The summed E-state index contributed by atoms with van der Waals surface area (Å²) in [6, 6.07) is 19.7. The highest BCUT2D eigenvalue weighted by atomic mass is 32.2. The molecule has 0 atom stereocenters. The van der Waals surface area contributed by atoms with E-state index in [1.54, 1.807) is 66.7 Å². The Morgan fingerprint density at radius 2 is 1.59 bits per heavy atom. The summed E-state index contributed by atoms with van der Waals surface area (Å²) in [6.07, 6.45) is 0.227. The van der Waals surface area contributed by atoms with Crippen LogP contribution in [0.4, 0.5) is 5.69 Å². The van der Waals surface area contributed by atoms with E-state index in [0.29, 0.717) is 27.9 Å². The van der Waals surface area contributed by atoms with E-state index in [4.69, 9.17) is 10.5 Å². The largest absolute Gasteiger partial charge is 0.497 e. The molecule has 2 heterocycles. The summed E-state index contributed by atoms with van der Waals surface area (Å²) in [7, 11) is -6.29. The Hall–Kier alpha value is -3.34. The Kier molecular flexibility index (Phi) is 5.38. The van der Waals surface area contributed by atoms with Crippen molar-refractivity contribution in [3.8, 4) is 5.75 Å². The lowest BCUT2D eigenvalue weighted by Gasteiger charge is -2.28. The van der Waals surface area contributed by atoms with Crippen LogP contribution < -0.4 is 10.5 Å². The summed E-state index contributed by atoms with van der Waals surface area (Å²) in [5.41, 5.74) is 7.80. The minimum Gasteiger partial charge on any atom is -0.497 e. The molecule has 8 nitrogen and oxygen atoms in total. The van der Waals surface area contributed by atoms with E-state index < -0.39 is 20.0 Å². The number of nitrogens with zero attached hydrogens (tertiary/aromatic N) is 2. The highest BCUT2D eigenvalue weighted by Crippen LogP contribution is 2.37. The molecule has 0 unspecified atom stereocenters. The Bertz CT molecular complexity index is 1610. The number of hydrogen-bond donors (Lipinski definition) is 1. The molecule has 0 saturated heterocycles. The standard InChI is InChI=1S/C24H23N3O5S2/c1-32-17-11-12-19-20-16-26(34(30,31)24-10-6-5-9-21(24)25)14-13-22(20)27(23(19)15-17)33(28,29)18-7-3-2-4-8-18/h2-12,15H,13-14,16,25H2,1H3. The summed E-state index contributed by atoms with van der Waals surface area (Å²) >= 11 is 0. The second kappa shape index (κ2) is 8.15. The Balaban J connectivity index is 1.70. The molecule has 176 valence electrons. The zero-order valence-electron chi connectivity index (χ0n) is 18.4. The Morgan fingerprint density at radius 3 is 2.29 bits per heavy atom. The molecule has 4 aromatic rings. The zero-order chi connectivity index (χ0) is 24.1. The third-order valence-electron chi connectivity index (χ3n) is 6.09. The van der Waals surface area contributed by atoms with Crippen molar-refractivity contribution in [1.82, 2.24) is 8.28 Å². The highest BCUT2D eigenvalue weighted by Gasteiger charge is 2.35. The van der Waals surface area contributed by atoms with Crippen LogP contribution in [0, 0.1) is 0 Å². The van der Waals surface area contributed by atoms with Crippen molar-refractivity contribution in [2.45, 2.75) is 22.8 Å². The number of hydrogen-bond acceptors (Lipinski definition) is 6. The molecule has 0 fully saturated rings. The minimum atomic E-state index is -3.93. The van der Waals surface area contributed by atoms with Crippen molar-refractivity contribution in [3.05, 3.63) is 84.1 Å². The van der Waals surface area contributed by atoms with E-state index in [1.807, 2.05) is 0 Å². The molecule has 34 heavy (non-hydrogen) atoms. The molecule has 0 amide bonds. The van der Waals surface area contributed by atoms with E-state index in [-0.39, 0.29) is 35.0 Å². The summed E-state index contributed by atoms with van der Waals surface area (Å²) in [6.45, 7) is 0.160. The first-order valence-electron chi connectivity index (χ1n) is 10.6. The van der Waals surface area contributed by atoms with Gasteiger partial charge in [0, 0.05) is 36.7 Å². The quantitative estimate of drug-likeness (QED) is 0.424. The molecule has 0 aliphatic carbocycles. The fraction of sp³-hybridized carbons (Fsp3) is 0.167. The molecular formula is C24H23N3O5S2. The first-order chi connectivity index (χ1) is 16.2. The number of anilines is 1. The second-order valence-corrected chi connectivity index (χ2v) is 11.7. The molecule has 0 radical (unpaired) electrons. The van der Waals surface area contributed by atoms with Gasteiger partial charge in [0.05, 0.1) is 23.2 Å².